The molecule has 0 heterocycles. The molecule has 6 nitrogen and oxygen atoms in total. The summed E-state index contributed by atoms with van der Waals surface area (Å²) in [6.45, 7) is 0.0339. The molecule has 0 aromatic heterocycles. The zero-order valence-electron chi connectivity index (χ0n) is 13.8. The smallest absolute Gasteiger partial charge is 0.276 e. The number of hydrogen-bond acceptors (Lipinski definition) is 4. The van der Waals surface area contributed by atoms with Crippen LogP contribution in [0.1, 0.15) is 11.1 Å². The fraction of sp³-hybridized carbons (Fsp3) is 0.0500. The van der Waals surface area contributed by atoms with Crippen LogP contribution in [0.15, 0.2) is 78.9 Å². The van der Waals surface area contributed by atoms with Crippen LogP contribution in [0.4, 0.5) is 11.4 Å². The van der Waals surface area contributed by atoms with Crippen LogP contribution in [0.5, 0.6) is 5.75 Å². The molecule has 0 amide bonds. The molecule has 0 saturated heterocycles. The predicted octanol–water partition coefficient (Wildman–Crippen LogP) is 4.43. The molecule has 3 rings (SSSR count). The van der Waals surface area contributed by atoms with Crippen molar-refractivity contribution in [2.45, 2.75) is 6.61 Å². The van der Waals surface area contributed by atoms with Gasteiger partial charge < -0.3 is 9.94 Å². The van der Waals surface area contributed by atoms with Gasteiger partial charge in [-0.1, -0.05) is 42.5 Å². The van der Waals surface area contributed by atoms with E-state index in [-0.39, 0.29) is 12.3 Å². The van der Waals surface area contributed by atoms with Gasteiger partial charge in [-0.15, -0.1) is 0 Å². The number of para-hydroxylation sites is 3. The molecule has 6 heteroatoms. The third-order valence-electron chi connectivity index (χ3n) is 3.76. The van der Waals surface area contributed by atoms with Gasteiger partial charge in [-0.05, 0) is 18.2 Å². The van der Waals surface area contributed by atoms with E-state index in [9.17, 15) is 15.3 Å². The van der Waals surface area contributed by atoms with Gasteiger partial charge in [-0.25, -0.2) is 0 Å². The van der Waals surface area contributed by atoms with Crippen molar-refractivity contribution < 1.29 is 14.4 Å². The van der Waals surface area contributed by atoms with Crippen LogP contribution in [-0.2, 0) is 6.61 Å². The molecule has 3 aromatic carbocycles. The third kappa shape index (κ3) is 4.05. The molecule has 0 aliphatic rings. The van der Waals surface area contributed by atoms with Crippen molar-refractivity contribution in [1.82, 2.24) is 0 Å². The molecule has 0 N–H and O–H groups in total. The highest BCUT2D eigenvalue weighted by atomic mass is 16.6. The van der Waals surface area contributed by atoms with Crippen molar-refractivity contribution in [2.24, 2.45) is 0 Å². The molecule has 0 saturated carbocycles. The number of nitrogens with zero attached hydrogens (tertiary/aromatic N) is 2. The first kappa shape index (κ1) is 17.2. The molecule has 0 aliphatic heterocycles. The normalized spacial score (nSPS) is 11.2. The average Bonchev–Trinajstić information content (AvgIpc) is 2.68. The summed E-state index contributed by atoms with van der Waals surface area (Å²) in [4.78, 5) is 10.7. The molecule has 130 valence electrons. The van der Waals surface area contributed by atoms with E-state index >= 15 is 0 Å². The summed E-state index contributed by atoms with van der Waals surface area (Å²) in [5.41, 5.74) is 1.56. The van der Waals surface area contributed by atoms with Gasteiger partial charge in [0.2, 0.25) is 5.69 Å². The van der Waals surface area contributed by atoms with Gasteiger partial charge in [-0.3, -0.25) is 10.1 Å². The van der Waals surface area contributed by atoms with Gasteiger partial charge in [0.05, 0.1) is 16.1 Å². The lowest BCUT2D eigenvalue weighted by atomic mass is 10.2. The number of nitro groups is 1. The van der Waals surface area contributed by atoms with Crippen LogP contribution in [0, 0.1) is 15.3 Å². The van der Waals surface area contributed by atoms with Gasteiger partial charge in [-0.2, -0.15) is 4.74 Å². The van der Waals surface area contributed by atoms with Crippen molar-refractivity contribution in [2.75, 3.05) is 0 Å². The molecule has 0 aliphatic carbocycles. The lowest BCUT2D eigenvalue weighted by Crippen LogP contribution is -2.04. The van der Waals surface area contributed by atoms with Crippen molar-refractivity contribution in [1.29, 1.82) is 0 Å². The summed E-state index contributed by atoms with van der Waals surface area (Å²) >= 11 is 0. The minimum atomic E-state index is -0.439. The molecule has 0 fully saturated rings. The van der Waals surface area contributed by atoms with E-state index in [1.54, 1.807) is 66.7 Å². The Balaban J connectivity index is 1.84. The maximum Gasteiger partial charge on any atom is 0.276 e. The molecule has 26 heavy (non-hydrogen) atoms. The largest absolute Gasteiger partial charge is 0.618 e. The van der Waals surface area contributed by atoms with Crippen LogP contribution in [0.2, 0.25) is 0 Å². The fourth-order valence-corrected chi connectivity index (χ4v) is 2.46. The molecule has 3 aromatic rings. The van der Waals surface area contributed by atoms with E-state index in [4.69, 9.17) is 4.74 Å². The first-order chi connectivity index (χ1) is 12.6. The topological polar surface area (TPSA) is 78.4 Å². The maximum absolute atomic E-state index is 12.3. The van der Waals surface area contributed by atoms with Gasteiger partial charge in [0, 0.05) is 18.2 Å². The van der Waals surface area contributed by atoms with Crippen molar-refractivity contribution in [3.8, 4) is 5.75 Å². The molecule has 0 unspecified atom stereocenters. The van der Waals surface area contributed by atoms with E-state index in [1.165, 1.54) is 12.3 Å². The first-order valence-electron chi connectivity index (χ1n) is 7.95. The summed E-state index contributed by atoms with van der Waals surface area (Å²) in [5.74, 6) is 0.474. The Kier molecular flexibility index (Phi) is 5.24. The quantitative estimate of drug-likeness (QED) is 0.217. The standard InChI is InChI=1S/C20H16N2O4/c23-21(18-10-2-1-3-11-18)14-16-8-5-7-13-20(16)26-15-17-9-4-6-12-19(17)22(24)25/h1-14H,15H2. The third-order valence-corrected chi connectivity index (χ3v) is 3.76. The molecular formula is C20H16N2O4. The van der Waals surface area contributed by atoms with Crippen LogP contribution < -0.4 is 4.74 Å². The summed E-state index contributed by atoms with van der Waals surface area (Å²) in [6.07, 6.45) is 1.42. The Morgan fingerprint density at radius 3 is 2.27 bits per heavy atom. The Morgan fingerprint density at radius 1 is 0.846 bits per heavy atom. The van der Waals surface area contributed by atoms with E-state index in [0.29, 0.717) is 22.6 Å². The zero-order chi connectivity index (χ0) is 18.4. The van der Waals surface area contributed by atoms with E-state index in [1.807, 2.05) is 6.07 Å². The Hall–Kier alpha value is -3.67. The summed E-state index contributed by atoms with van der Waals surface area (Å²) in [6, 6.07) is 22.3. The number of benzene rings is 3. The van der Waals surface area contributed by atoms with Crippen molar-refractivity contribution >= 4 is 17.6 Å². The summed E-state index contributed by atoms with van der Waals surface area (Å²) in [5, 5.41) is 23.4. The minimum absolute atomic E-state index is 0.00342. The van der Waals surface area contributed by atoms with Gasteiger partial charge in [0.1, 0.15) is 12.4 Å². The van der Waals surface area contributed by atoms with E-state index < -0.39 is 4.92 Å². The highest BCUT2D eigenvalue weighted by Gasteiger charge is 2.14. The number of rotatable bonds is 6. The zero-order valence-corrected chi connectivity index (χ0v) is 13.8. The van der Waals surface area contributed by atoms with Gasteiger partial charge in [0.15, 0.2) is 6.21 Å². The Labute approximate surface area is 150 Å². The Bertz CT molecular complexity index is 939. The number of hydrogen-bond donors (Lipinski definition) is 0. The molecular weight excluding hydrogens is 332 g/mol. The second-order valence-electron chi connectivity index (χ2n) is 5.50. The SMILES string of the molecule is O=[N+]([O-])c1ccccc1COc1ccccc1C=[N+]([O-])c1ccccc1. The monoisotopic (exact) mass is 348 g/mol. The number of nitro benzene ring substituents is 1. The molecule has 0 radical (unpaired) electrons. The van der Waals surface area contributed by atoms with Crippen LogP contribution in [0.25, 0.3) is 0 Å². The van der Waals surface area contributed by atoms with Crippen LogP contribution >= 0.6 is 0 Å². The minimum Gasteiger partial charge on any atom is -0.618 e. The Morgan fingerprint density at radius 2 is 1.50 bits per heavy atom. The second kappa shape index (κ2) is 7.94. The summed E-state index contributed by atoms with van der Waals surface area (Å²) in [7, 11) is 0. The maximum atomic E-state index is 12.3. The number of ether oxygens (including phenoxy) is 1. The highest BCUT2D eigenvalue weighted by molar-refractivity contribution is 5.80. The lowest BCUT2D eigenvalue weighted by molar-refractivity contribution is -0.385. The molecule has 0 atom stereocenters. The van der Waals surface area contributed by atoms with Crippen molar-refractivity contribution in [3.05, 3.63) is 105 Å². The molecule has 0 bridgehead atoms. The first-order valence-corrected chi connectivity index (χ1v) is 7.95. The second-order valence-corrected chi connectivity index (χ2v) is 5.50. The van der Waals surface area contributed by atoms with E-state index in [0.717, 1.165) is 4.74 Å². The lowest BCUT2D eigenvalue weighted by Gasteiger charge is -2.09. The van der Waals surface area contributed by atoms with Crippen LogP contribution in [0.3, 0.4) is 0 Å². The highest BCUT2D eigenvalue weighted by Crippen LogP contribution is 2.22. The average molecular weight is 348 g/mol. The van der Waals surface area contributed by atoms with Crippen molar-refractivity contribution in [3.63, 3.8) is 0 Å². The summed E-state index contributed by atoms with van der Waals surface area (Å²) < 4.78 is 6.51. The fourth-order valence-electron chi connectivity index (χ4n) is 2.46. The van der Waals surface area contributed by atoms with Gasteiger partial charge in [0.25, 0.3) is 5.69 Å². The van der Waals surface area contributed by atoms with Crippen LogP contribution in [-0.4, -0.2) is 15.9 Å². The van der Waals surface area contributed by atoms with Gasteiger partial charge >= 0.3 is 0 Å². The van der Waals surface area contributed by atoms with E-state index in [2.05, 4.69) is 0 Å². The molecule has 0 spiro atoms. The predicted molar refractivity (Wildman–Crippen MR) is 98.8 cm³/mol.